The number of carbonyl (C=O) groups excluding carboxylic acids is 2. The van der Waals surface area contributed by atoms with Crippen LogP contribution in [-0.2, 0) is 16.1 Å². The molecule has 2 aliphatic carbocycles. The number of rotatable bonds is 4. The topological polar surface area (TPSA) is 95.9 Å². The lowest BCUT2D eigenvalue weighted by Crippen LogP contribution is -2.58. The first-order chi connectivity index (χ1) is 16.1. The maximum Gasteiger partial charge on any atom is 0.331 e. The molecule has 182 valence electrons. The molecule has 2 aromatic rings. The summed E-state index contributed by atoms with van der Waals surface area (Å²) in [6, 6.07) is 5.22. The predicted molar refractivity (Wildman–Crippen MR) is 126 cm³/mol. The first-order valence-corrected chi connectivity index (χ1v) is 11.9. The lowest BCUT2D eigenvalue weighted by Gasteiger charge is -2.41. The molecule has 34 heavy (non-hydrogen) atoms. The minimum Gasteiger partial charge on any atom is -0.493 e. The van der Waals surface area contributed by atoms with Crippen LogP contribution in [-0.4, -0.2) is 42.8 Å². The zero-order chi connectivity index (χ0) is 24.3. The van der Waals surface area contributed by atoms with Gasteiger partial charge in [0.05, 0.1) is 26.3 Å². The average molecular weight is 469 g/mol. The quantitative estimate of drug-likeness (QED) is 0.691. The molecule has 1 aromatic heterocycles. The summed E-state index contributed by atoms with van der Waals surface area (Å²) in [5.74, 6) is 0.0827. The maximum atomic E-state index is 13.7. The Morgan fingerprint density at radius 2 is 1.76 bits per heavy atom. The van der Waals surface area contributed by atoms with Crippen LogP contribution < -0.4 is 20.3 Å². The number of esters is 1. The summed E-state index contributed by atoms with van der Waals surface area (Å²) in [6.07, 6.45) is 4.42. The highest BCUT2D eigenvalue weighted by Gasteiger charge is 2.48. The van der Waals surface area contributed by atoms with E-state index in [1.165, 1.54) is 7.11 Å². The number of nitrogens with one attached hydrogen (secondary N) is 1. The van der Waals surface area contributed by atoms with Crippen LogP contribution in [0.15, 0.2) is 23.0 Å². The highest BCUT2D eigenvalue weighted by molar-refractivity contribution is 6.01. The standard InChI is InChI=1S/C26H32N2O6/c1-24(2)7-11-26(12-8-24,23(31)33-4)27-21(29)17-13-16-5-6-18(32-3)20-19(16)28(22(17)30)14-25(9-10-25)15-34-20/h5-6,13H,7-12,14-15H2,1-4H3,(H,27,29). The second kappa shape index (κ2) is 7.75. The molecule has 0 unspecified atom stereocenters. The van der Waals surface area contributed by atoms with E-state index in [1.54, 1.807) is 23.8 Å². The van der Waals surface area contributed by atoms with E-state index in [2.05, 4.69) is 19.2 Å². The Balaban J connectivity index is 1.58. The van der Waals surface area contributed by atoms with Crippen LogP contribution in [0.25, 0.3) is 10.9 Å². The van der Waals surface area contributed by atoms with Gasteiger partial charge in [0.1, 0.15) is 11.1 Å². The lowest BCUT2D eigenvalue weighted by atomic mass is 9.69. The molecule has 2 saturated carbocycles. The Kier molecular flexibility index (Phi) is 5.18. The van der Waals surface area contributed by atoms with Gasteiger partial charge in [-0.2, -0.15) is 0 Å². The van der Waals surface area contributed by atoms with Crippen LogP contribution in [0.1, 0.15) is 62.7 Å². The number of benzene rings is 1. The number of amides is 1. The van der Waals surface area contributed by atoms with E-state index in [0.717, 1.165) is 31.1 Å². The van der Waals surface area contributed by atoms with E-state index < -0.39 is 17.4 Å². The molecule has 5 rings (SSSR count). The van der Waals surface area contributed by atoms with Gasteiger partial charge >= 0.3 is 5.97 Å². The van der Waals surface area contributed by atoms with Crippen molar-refractivity contribution in [3.05, 3.63) is 34.1 Å². The van der Waals surface area contributed by atoms with Gasteiger partial charge < -0.3 is 24.1 Å². The minimum absolute atomic E-state index is 0.0226. The van der Waals surface area contributed by atoms with Crippen molar-refractivity contribution in [3.8, 4) is 11.5 Å². The molecule has 8 nitrogen and oxygen atoms in total. The van der Waals surface area contributed by atoms with Crippen molar-refractivity contribution in [2.45, 2.75) is 64.5 Å². The van der Waals surface area contributed by atoms with Crippen LogP contribution in [0.5, 0.6) is 11.5 Å². The molecule has 3 aliphatic rings. The number of pyridine rings is 1. The molecule has 1 N–H and O–H groups in total. The monoisotopic (exact) mass is 468 g/mol. The largest absolute Gasteiger partial charge is 0.493 e. The molecular weight excluding hydrogens is 436 g/mol. The van der Waals surface area contributed by atoms with E-state index in [4.69, 9.17) is 14.2 Å². The highest BCUT2D eigenvalue weighted by atomic mass is 16.5. The number of methoxy groups -OCH3 is 2. The molecule has 8 heteroatoms. The van der Waals surface area contributed by atoms with Crippen molar-refractivity contribution in [1.29, 1.82) is 0 Å². The van der Waals surface area contributed by atoms with Gasteiger partial charge in [0.2, 0.25) is 0 Å². The van der Waals surface area contributed by atoms with E-state index in [0.29, 0.717) is 43.0 Å². The van der Waals surface area contributed by atoms with Gasteiger partial charge in [0.25, 0.3) is 11.5 Å². The van der Waals surface area contributed by atoms with Crippen molar-refractivity contribution in [3.63, 3.8) is 0 Å². The molecular formula is C26H32N2O6. The third-order valence-electron chi connectivity index (χ3n) is 8.00. The Morgan fingerprint density at radius 1 is 1.06 bits per heavy atom. The summed E-state index contributed by atoms with van der Waals surface area (Å²) in [5, 5.41) is 3.64. The Bertz CT molecular complexity index is 1230. The Morgan fingerprint density at radius 3 is 2.38 bits per heavy atom. The van der Waals surface area contributed by atoms with Gasteiger partial charge in [-0.3, -0.25) is 9.59 Å². The average Bonchev–Trinajstić information content (AvgIpc) is 3.61. The minimum atomic E-state index is -1.13. The Labute approximate surface area is 198 Å². The van der Waals surface area contributed by atoms with Gasteiger partial charge in [-0.25, -0.2) is 4.79 Å². The number of hydrogen-bond acceptors (Lipinski definition) is 6. The first kappa shape index (κ1) is 22.7. The second-order valence-electron chi connectivity index (χ2n) is 11.0. The summed E-state index contributed by atoms with van der Waals surface area (Å²) in [7, 11) is 2.90. The van der Waals surface area contributed by atoms with E-state index >= 15 is 0 Å². The van der Waals surface area contributed by atoms with Crippen molar-refractivity contribution >= 4 is 22.8 Å². The van der Waals surface area contributed by atoms with Crippen molar-refractivity contribution < 1.29 is 23.8 Å². The smallest absolute Gasteiger partial charge is 0.331 e. The van der Waals surface area contributed by atoms with Gasteiger partial charge in [-0.05, 0) is 62.1 Å². The highest BCUT2D eigenvalue weighted by Crippen LogP contribution is 2.51. The molecule has 0 bridgehead atoms. The molecule has 0 saturated heterocycles. The molecule has 1 aromatic carbocycles. The predicted octanol–water partition coefficient (Wildman–Crippen LogP) is 3.42. The Hall–Kier alpha value is -3.03. The molecule has 0 atom stereocenters. The van der Waals surface area contributed by atoms with Crippen molar-refractivity contribution in [1.82, 2.24) is 9.88 Å². The third-order valence-corrected chi connectivity index (χ3v) is 8.00. The van der Waals surface area contributed by atoms with Gasteiger partial charge in [-0.1, -0.05) is 13.8 Å². The fraction of sp³-hybridized carbons (Fsp3) is 0.577. The number of hydrogen-bond donors (Lipinski definition) is 1. The van der Waals surface area contributed by atoms with E-state index in [9.17, 15) is 14.4 Å². The molecule has 0 radical (unpaired) electrons. The molecule has 1 amide bonds. The number of aromatic nitrogens is 1. The molecule has 2 fully saturated rings. The fourth-order valence-electron chi connectivity index (χ4n) is 5.34. The third kappa shape index (κ3) is 3.63. The summed E-state index contributed by atoms with van der Waals surface area (Å²) in [5.41, 5.74) is -0.860. The van der Waals surface area contributed by atoms with Crippen LogP contribution in [0, 0.1) is 10.8 Å². The molecule has 2 heterocycles. The number of ether oxygens (including phenoxy) is 3. The number of carbonyl (C=O) groups is 2. The normalized spacial score (nSPS) is 21.3. The van der Waals surface area contributed by atoms with Crippen LogP contribution in [0.3, 0.4) is 0 Å². The van der Waals surface area contributed by atoms with Crippen molar-refractivity contribution in [2.75, 3.05) is 20.8 Å². The zero-order valence-electron chi connectivity index (χ0n) is 20.3. The summed E-state index contributed by atoms with van der Waals surface area (Å²) in [4.78, 5) is 40.0. The van der Waals surface area contributed by atoms with Crippen LogP contribution in [0.2, 0.25) is 0 Å². The van der Waals surface area contributed by atoms with E-state index in [1.807, 2.05) is 6.07 Å². The SMILES string of the molecule is COC(=O)C1(NC(=O)c2cc3ccc(OC)c4c3n(c2=O)CC2(CC2)CO4)CCC(C)(C)CC1. The summed E-state index contributed by atoms with van der Waals surface area (Å²) >= 11 is 0. The zero-order valence-corrected chi connectivity index (χ0v) is 20.3. The van der Waals surface area contributed by atoms with Crippen molar-refractivity contribution in [2.24, 2.45) is 10.8 Å². The molecule has 1 spiro atoms. The summed E-state index contributed by atoms with van der Waals surface area (Å²) < 4.78 is 18.4. The molecule has 1 aliphatic heterocycles. The van der Waals surface area contributed by atoms with E-state index in [-0.39, 0.29) is 22.0 Å². The fourth-order valence-corrected chi connectivity index (χ4v) is 5.34. The number of nitrogens with zero attached hydrogens (tertiary/aromatic N) is 1. The van der Waals surface area contributed by atoms with Gasteiger partial charge in [0.15, 0.2) is 11.5 Å². The van der Waals surface area contributed by atoms with Gasteiger partial charge in [-0.15, -0.1) is 0 Å². The maximum absolute atomic E-state index is 13.7. The van der Waals surface area contributed by atoms with Crippen LogP contribution in [0.4, 0.5) is 0 Å². The summed E-state index contributed by atoms with van der Waals surface area (Å²) in [6.45, 7) is 5.30. The van der Waals surface area contributed by atoms with Crippen LogP contribution >= 0.6 is 0 Å². The lowest BCUT2D eigenvalue weighted by molar-refractivity contribution is -0.150. The first-order valence-electron chi connectivity index (χ1n) is 11.9. The second-order valence-corrected chi connectivity index (χ2v) is 11.0. The van der Waals surface area contributed by atoms with Gasteiger partial charge in [0, 0.05) is 17.3 Å².